The Balaban J connectivity index is 1.75. The van der Waals surface area contributed by atoms with Gasteiger partial charge in [0, 0.05) is 17.0 Å². The minimum Gasteiger partial charge on any atom is -0.443 e. The summed E-state index contributed by atoms with van der Waals surface area (Å²) in [6.45, 7) is 5.23. The van der Waals surface area contributed by atoms with Crippen molar-refractivity contribution in [1.29, 1.82) is 0 Å². The number of carbonyl (C=O) groups is 2. The van der Waals surface area contributed by atoms with E-state index in [1.807, 2.05) is 35.7 Å². The van der Waals surface area contributed by atoms with Crippen molar-refractivity contribution in [3.8, 4) is 0 Å². The molecule has 8 heteroatoms. The van der Waals surface area contributed by atoms with Gasteiger partial charge in [-0.15, -0.1) is 11.3 Å². The maximum absolute atomic E-state index is 13.1. The molecule has 1 aliphatic heterocycles. The van der Waals surface area contributed by atoms with Crippen molar-refractivity contribution >= 4 is 52.2 Å². The summed E-state index contributed by atoms with van der Waals surface area (Å²) in [5, 5.41) is 2.74. The van der Waals surface area contributed by atoms with Crippen molar-refractivity contribution in [2.24, 2.45) is 4.99 Å². The van der Waals surface area contributed by atoms with Crippen LogP contribution in [-0.2, 0) is 9.53 Å². The van der Waals surface area contributed by atoms with Crippen LogP contribution in [0.25, 0.3) is 23.1 Å². The normalized spacial score (nSPS) is 15.8. The first-order chi connectivity index (χ1) is 14.8. The number of nitrogens with zero attached hydrogens (tertiary/aromatic N) is 4. The number of amidine groups is 1. The molecular weight excluding hydrogens is 412 g/mol. The number of rotatable bonds is 3. The van der Waals surface area contributed by atoms with Crippen LogP contribution in [0.3, 0.4) is 0 Å². The number of hydrogen-bond donors (Lipinski definition) is 0. The van der Waals surface area contributed by atoms with E-state index >= 15 is 0 Å². The van der Waals surface area contributed by atoms with Gasteiger partial charge in [0.2, 0.25) is 0 Å². The predicted molar refractivity (Wildman–Crippen MR) is 121 cm³/mol. The molecule has 0 saturated heterocycles. The lowest BCUT2D eigenvalue weighted by molar-refractivity contribution is -0.122. The van der Waals surface area contributed by atoms with Crippen LogP contribution in [0.5, 0.6) is 0 Å². The van der Waals surface area contributed by atoms with Crippen LogP contribution < -0.4 is 0 Å². The lowest BCUT2D eigenvalue weighted by Gasteiger charge is -2.23. The van der Waals surface area contributed by atoms with E-state index in [0.29, 0.717) is 5.69 Å². The van der Waals surface area contributed by atoms with Crippen molar-refractivity contribution in [2.75, 3.05) is 0 Å². The zero-order chi connectivity index (χ0) is 22.0. The van der Waals surface area contributed by atoms with Gasteiger partial charge in [-0.25, -0.2) is 14.8 Å². The first-order valence-electron chi connectivity index (χ1n) is 9.60. The van der Waals surface area contributed by atoms with Crippen molar-refractivity contribution in [3.05, 3.63) is 70.4 Å². The molecule has 0 unspecified atom stereocenters. The summed E-state index contributed by atoms with van der Waals surface area (Å²) in [5.41, 5.74) is 3.38. The molecule has 0 radical (unpaired) electrons. The molecule has 0 fully saturated rings. The van der Waals surface area contributed by atoms with Gasteiger partial charge in [-0.3, -0.25) is 9.78 Å². The van der Waals surface area contributed by atoms with E-state index in [4.69, 9.17) is 4.74 Å². The number of pyridine rings is 1. The fraction of sp³-hybridized carbons (Fsp3) is 0.174. The molecule has 156 valence electrons. The number of carbonyl (C=O) groups excluding carboxylic acids is 2. The van der Waals surface area contributed by atoms with E-state index in [1.165, 1.54) is 11.3 Å². The van der Waals surface area contributed by atoms with Crippen LogP contribution >= 0.6 is 11.3 Å². The van der Waals surface area contributed by atoms with Crippen LogP contribution in [-0.4, -0.2) is 38.3 Å². The Morgan fingerprint density at radius 3 is 2.71 bits per heavy atom. The quantitative estimate of drug-likeness (QED) is 0.549. The number of ether oxygens (including phenoxy) is 1. The van der Waals surface area contributed by atoms with Gasteiger partial charge in [-0.2, -0.15) is 4.90 Å². The highest BCUT2D eigenvalue weighted by molar-refractivity contribution is 7.07. The maximum atomic E-state index is 13.1. The SMILES string of the molecule is CC(C)(C)OC(=O)N1C(=O)/C(=C/c2cccc3ncccc23)N=C1/C=C/c1cscn1. The number of aromatic nitrogens is 2. The zero-order valence-corrected chi connectivity index (χ0v) is 18.1. The molecule has 4 rings (SSSR count). The second-order valence-corrected chi connectivity index (χ2v) is 8.50. The molecule has 0 atom stereocenters. The summed E-state index contributed by atoms with van der Waals surface area (Å²) >= 11 is 1.45. The first-order valence-corrected chi connectivity index (χ1v) is 10.5. The van der Waals surface area contributed by atoms with Crippen molar-refractivity contribution < 1.29 is 14.3 Å². The van der Waals surface area contributed by atoms with E-state index in [2.05, 4.69) is 15.0 Å². The van der Waals surface area contributed by atoms with Crippen LogP contribution in [0.15, 0.2) is 64.2 Å². The summed E-state index contributed by atoms with van der Waals surface area (Å²) in [5.74, 6) is -0.370. The molecule has 0 spiro atoms. The standard InChI is InChI=1S/C23H20N4O3S/c1-23(2,3)30-22(29)27-20(10-9-16-13-31-14-25-16)26-19(21(27)28)12-15-6-4-8-18-17(15)7-5-11-24-18/h4-14H,1-3H3/b10-9+,19-12-. The van der Waals surface area contributed by atoms with Crippen molar-refractivity contribution in [2.45, 2.75) is 26.4 Å². The average molecular weight is 433 g/mol. The highest BCUT2D eigenvalue weighted by Crippen LogP contribution is 2.25. The maximum Gasteiger partial charge on any atom is 0.423 e. The molecule has 31 heavy (non-hydrogen) atoms. The molecule has 0 bridgehead atoms. The summed E-state index contributed by atoms with van der Waals surface area (Å²) in [4.78, 5) is 39.8. The van der Waals surface area contributed by atoms with Gasteiger partial charge in [0.25, 0.3) is 5.91 Å². The third-order valence-electron chi connectivity index (χ3n) is 4.29. The van der Waals surface area contributed by atoms with Gasteiger partial charge < -0.3 is 4.74 Å². The molecule has 7 nitrogen and oxygen atoms in total. The largest absolute Gasteiger partial charge is 0.443 e. The van der Waals surface area contributed by atoms with E-state index < -0.39 is 17.6 Å². The second-order valence-electron chi connectivity index (χ2n) is 7.78. The second kappa shape index (κ2) is 8.23. The zero-order valence-electron chi connectivity index (χ0n) is 17.3. The highest BCUT2D eigenvalue weighted by Gasteiger charge is 2.37. The number of thiazole rings is 1. The summed E-state index contributed by atoms with van der Waals surface area (Å²) in [6.07, 6.45) is 5.88. The van der Waals surface area contributed by atoms with E-state index in [0.717, 1.165) is 21.4 Å². The molecule has 1 aliphatic rings. The number of hydrogen-bond acceptors (Lipinski definition) is 7. The Morgan fingerprint density at radius 1 is 1.13 bits per heavy atom. The third kappa shape index (κ3) is 4.59. The highest BCUT2D eigenvalue weighted by atomic mass is 32.1. The lowest BCUT2D eigenvalue weighted by atomic mass is 10.1. The summed E-state index contributed by atoms with van der Waals surface area (Å²) in [7, 11) is 0. The summed E-state index contributed by atoms with van der Waals surface area (Å²) in [6, 6.07) is 9.39. The third-order valence-corrected chi connectivity index (χ3v) is 4.89. The van der Waals surface area contributed by atoms with Crippen LogP contribution in [0.2, 0.25) is 0 Å². The van der Waals surface area contributed by atoms with Gasteiger partial charge in [0.05, 0.1) is 16.7 Å². The molecular formula is C23H20N4O3S. The number of amides is 2. The number of imide groups is 1. The van der Waals surface area contributed by atoms with Gasteiger partial charge in [-0.05, 0) is 56.7 Å². The van der Waals surface area contributed by atoms with E-state index in [1.54, 1.807) is 50.7 Å². The van der Waals surface area contributed by atoms with Crippen LogP contribution in [0.4, 0.5) is 4.79 Å². The van der Waals surface area contributed by atoms with Crippen molar-refractivity contribution in [3.63, 3.8) is 0 Å². The molecule has 0 N–H and O–H groups in total. The van der Waals surface area contributed by atoms with Gasteiger partial charge in [0.1, 0.15) is 17.1 Å². The first kappa shape index (κ1) is 20.6. The molecule has 0 saturated carbocycles. The molecule has 2 aromatic heterocycles. The fourth-order valence-electron chi connectivity index (χ4n) is 2.99. The fourth-order valence-corrected chi connectivity index (χ4v) is 3.52. The summed E-state index contributed by atoms with van der Waals surface area (Å²) < 4.78 is 5.43. The van der Waals surface area contributed by atoms with Crippen LogP contribution in [0, 0.1) is 0 Å². The molecule has 0 aliphatic carbocycles. The Labute approximate surface area is 183 Å². The Bertz CT molecular complexity index is 1230. The average Bonchev–Trinajstić information content (AvgIpc) is 3.33. The minimum absolute atomic E-state index is 0.139. The molecule has 1 aromatic carbocycles. The topological polar surface area (TPSA) is 84.8 Å². The molecule has 2 amide bonds. The smallest absolute Gasteiger partial charge is 0.423 e. The Kier molecular flexibility index (Phi) is 5.48. The van der Waals surface area contributed by atoms with Crippen molar-refractivity contribution in [1.82, 2.24) is 14.9 Å². The number of benzene rings is 1. The Morgan fingerprint density at radius 2 is 1.97 bits per heavy atom. The van der Waals surface area contributed by atoms with Gasteiger partial charge in [0.15, 0.2) is 0 Å². The number of aliphatic imine (C=N–C) groups is 1. The predicted octanol–water partition coefficient (Wildman–Crippen LogP) is 4.92. The van der Waals surface area contributed by atoms with Gasteiger partial charge >= 0.3 is 6.09 Å². The monoisotopic (exact) mass is 432 g/mol. The molecule has 3 aromatic rings. The lowest BCUT2D eigenvalue weighted by Crippen LogP contribution is -2.41. The van der Waals surface area contributed by atoms with E-state index in [-0.39, 0.29) is 11.5 Å². The van der Waals surface area contributed by atoms with Gasteiger partial charge in [-0.1, -0.05) is 18.2 Å². The van der Waals surface area contributed by atoms with Crippen LogP contribution in [0.1, 0.15) is 32.0 Å². The molecule has 3 heterocycles. The minimum atomic E-state index is -0.776. The van der Waals surface area contributed by atoms with E-state index in [9.17, 15) is 9.59 Å². The number of fused-ring (bicyclic) bond motifs is 1. The Hall–Kier alpha value is -3.65.